The Hall–Kier alpha value is -0.410. The molecule has 1 aromatic carbocycles. The molecule has 2 fully saturated rings. The van der Waals surface area contributed by atoms with E-state index in [0.29, 0.717) is 16.8 Å². The summed E-state index contributed by atoms with van der Waals surface area (Å²) >= 11 is 3.19. The van der Waals surface area contributed by atoms with Gasteiger partial charge in [-0.3, -0.25) is 0 Å². The van der Waals surface area contributed by atoms with Gasteiger partial charge in [-0.05, 0) is 70.6 Å². The summed E-state index contributed by atoms with van der Waals surface area (Å²) in [6, 6.07) is 5.02. The maximum Gasteiger partial charge on any atom is 0.137 e. The number of rotatable bonds is 3. The molecule has 3 rings (SSSR count). The predicted octanol–water partition coefficient (Wildman–Crippen LogP) is 3.93. The quantitative estimate of drug-likeness (QED) is 0.896. The van der Waals surface area contributed by atoms with Crippen LogP contribution in [0.25, 0.3) is 0 Å². The van der Waals surface area contributed by atoms with Gasteiger partial charge in [0.1, 0.15) is 5.82 Å². The zero-order chi connectivity index (χ0) is 12.7. The number of aliphatic hydroxyl groups excluding tert-OH is 1. The lowest BCUT2D eigenvalue weighted by molar-refractivity contribution is 0.140. The smallest absolute Gasteiger partial charge is 0.137 e. The second-order valence-electron chi connectivity index (χ2n) is 5.71. The molecule has 0 bridgehead atoms. The fourth-order valence-electron chi connectivity index (χ4n) is 3.66. The molecule has 0 aromatic heterocycles. The van der Waals surface area contributed by atoms with E-state index in [1.807, 2.05) is 0 Å². The van der Waals surface area contributed by atoms with E-state index >= 15 is 0 Å². The van der Waals surface area contributed by atoms with Crippen LogP contribution in [0.5, 0.6) is 0 Å². The van der Waals surface area contributed by atoms with Gasteiger partial charge in [0.15, 0.2) is 0 Å². The van der Waals surface area contributed by atoms with Crippen molar-refractivity contribution in [3.8, 4) is 0 Å². The average molecular weight is 313 g/mol. The van der Waals surface area contributed by atoms with Crippen LogP contribution in [0.2, 0.25) is 0 Å². The number of aliphatic hydroxyl groups is 1. The molecule has 3 atom stereocenters. The van der Waals surface area contributed by atoms with E-state index in [4.69, 9.17) is 0 Å². The van der Waals surface area contributed by atoms with Crippen molar-refractivity contribution < 1.29 is 9.50 Å². The van der Waals surface area contributed by atoms with Gasteiger partial charge in [-0.1, -0.05) is 18.9 Å². The van der Waals surface area contributed by atoms with Crippen LogP contribution in [0.3, 0.4) is 0 Å². The van der Waals surface area contributed by atoms with Crippen LogP contribution in [0.1, 0.15) is 31.2 Å². The second-order valence-corrected chi connectivity index (χ2v) is 6.56. The number of hydrogen-bond acceptors (Lipinski definition) is 1. The van der Waals surface area contributed by atoms with Gasteiger partial charge in [0, 0.05) is 0 Å². The van der Waals surface area contributed by atoms with Crippen molar-refractivity contribution in [2.75, 3.05) is 0 Å². The minimum absolute atomic E-state index is 0.242. The molecule has 18 heavy (non-hydrogen) atoms. The van der Waals surface area contributed by atoms with Gasteiger partial charge < -0.3 is 5.11 Å². The molecule has 0 aliphatic heterocycles. The normalized spacial score (nSPS) is 31.8. The highest BCUT2D eigenvalue weighted by Crippen LogP contribution is 2.57. The summed E-state index contributed by atoms with van der Waals surface area (Å²) in [6.45, 7) is 0. The molecule has 0 amide bonds. The average Bonchev–Trinajstić information content (AvgIpc) is 3.08. The standard InChI is InChI=1S/C15H18BrFO/c16-12-7-9(5-6-13(12)17)8-14(18)15-10-3-1-2-4-11(10)15/h5-7,10-11,14-15,18H,1-4,8H2. The first-order valence-corrected chi connectivity index (χ1v) is 7.58. The summed E-state index contributed by atoms with van der Waals surface area (Å²) in [5, 5.41) is 10.3. The van der Waals surface area contributed by atoms with Crippen LogP contribution in [0.15, 0.2) is 22.7 Å². The maximum absolute atomic E-state index is 13.1. The third kappa shape index (κ3) is 2.35. The molecule has 1 nitrogen and oxygen atoms in total. The lowest BCUT2D eigenvalue weighted by Crippen LogP contribution is -2.15. The molecule has 2 aliphatic carbocycles. The molecule has 0 spiro atoms. The Balaban J connectivity index is 1.64. The zero-order valence-electron chi connectivity index (χ0n) is 10.3. The number of fused-ring (bicyclic) bond motifs is 1. The third-order valence-electron chi connectivity index (χ3n) is 4.60. The Morgan fingerprint density at radius 1 is 1.28 bits per heavy atom. The number of benzene rings is 1. The summed E-state index contributed by atoms with van der Waals surface area (Å²) in [4.78, 5) is 0. The Kier molecular flexibility index (Phi) is 3.46. The lowest BCUT2D eigenvalue weighted by Gasteiger charge is -2.11. The number of hydrogen-bond donors (Lipinski definition) is 1. The first kappa shape index (κ1) is 12.6. The van der Waals surface area contributed by atoms with Crippen LogP contribution in [0.4, 0.5) is 4.39 Å². The molecular formula is C15H18BrFO. The highest BCUT2D eigenvalue weighted by Gasteiger charge is 2.53. The molecule has 98 valence electrons. The monoisotopic (exact) mass is 312 g/mol. The Bertz CT molecular complexity index is 436. The first-order valence-electron chi connectivity index (χ1n) is 6.79. The van der Waals surface area contributed by atoms with Gasteiger partial charge in [0.25, 0.3) is 0 Å². The van der Waals surface area contributed by atoms with Crippen molar-refractivity contribution in [3.63, 3.8) is 0 Å². The van der Waals surface area contributed by atoms with Crippen molar-refractivity contribution in [2.24, 2.45) is 17.8 Å². The topological polar surface area (TPSA) is 20.2 Å². The largest absolute Gasteiger partial charge is 0.392 e. The van der Waals surface area contributed by atoms with Gasteiger partial charge in [-0.25, -0.2) is 4.39 Å². The molecular weight excluding hydrogens is 295 g/mol. The summed E-state index contributed by atoms with van der Waals surface area (Å²) in [6.07, 6.45) is 5.63. The molecule has 1 N–H and O–H groups in total. The SMILES string of the molecule is OC(Cc1ccc(F)c(Br)c1)C1C2CCCCC21. The minimum atomic E-state index is -0.254. The van der Waals surface area contributed by atoms with E-state index in [0.717, 1.165) is 17.4 Å². The molecule has 3 heteroatoms. The first-order chi connectivity index (χ1) is 8.66. The summed E-state index contributed by atoms with van der Waals surface area (Å²) < 4.78 is 13.6. The van der Waals surface area contributed by atoms with Crippen molar-refractivity contribution in [2.45, 2.75) is 38.2 Å². The maximum atomic E-state index is 13.1. The molecule has 2 aliphatic rings. The van der Waals surface area contributed by atoms with E-state index in [1.165, 1.54) is 31.7 Å². The van der Waals surface area contributed by atoms with E-state index in [9.17, 15) is 9.50 Å². The zero-order valence-corrected chi connectivity index (χ0v) is 11.9. The van der Waals surface area contributed by atoms with Crippen LogP contribution in [-0.4, -0.2) is 11.2 Å². The highest BCUT2D eigenvalue weighted by molar-refractivity contribution is 9.10. The fourth-order valence-corrected chi connectivity index (χ4v) is 4.09. The summed E-state index contributed by atoms with van der Waals surface area (Å²) in [5.74, 6) is 1.78. The van der Waals surface area contributed by atoms with Gasteiger partial charge in [-0.2, -0.15) is 0 Å². The Labute approximate surface area is 116 Å². The molecule has 0 radical (unpaired) electrons. The molecule has 0 heterocycles. The van der Waals surface area contributed by atoms with Crippen molar-refractivity contribution >= 4 is 15.9 Å². The fraction of sp³-hybridized carbons (Fsp3) is 0.600. The Morgan fingerprint density at radius 3 is 2.56 bits per heavy atom. The second kappa shape index (κ2) is 4.93. The van der Waals surface area contributed by atoms with Crippen LogP contribution in [0, 0.1) is 23.6 Å². The van der Waals surface area contributed by atoms with Gasteiger partial charge >= 0.3 is 0 Å². The van der Waals surface area contributed by atoms with Crippen LogP contribution >= 0.6 is 15.9 Å². The molecule has 1 aromatic rings. The van der Waals surface area contributed by atoms with E-state index in [-0.39, 0.29) is 11.9 Å². The molecule has 0 saturated heterocycles. The molecule has 2 saturated carbocycles. The van der Waals surface area contributed by atoms with Gasteiger partial charge in [0.05, 0.1) is 10.6 Å². The van der Waals surface area contributed by atoms with Crippen molar-refractivity contribution in [1.82, 2.24) is 0 Å². The predicted molar refractivity (Wildman–Crippen MR) is 72.7 cm³/mol. The highest BCUT2D eigenvalue weighted by atomic mass is 79.9. The molecule has 3 unspecified atom stereocenters. The van der Waals surface area contributed by atoms with Crippen LogP contribution in [-0.2, 0) is 6.42 Å². The van der Waals surface area contributed by atoms with Crippen molar-refractivity contribution in [3.05, 3.63) is 34.1 Å². The van der Waals surface area contributed by atoms with Gasteiger partial charge in [-0.15, -0.1) is 0 Å². The summed E-state index contributed by atoms with van der Waals surface area (Å²) in [5.41, 5.74) is 1.01. The van der Waals surface area contributed by atoms with E-state index in [1.54, 1.807) is 12.1 Å². The Morgan fingerprint density at radius 2 is 1.94 bits per heavy atom. The van der Waals surface area contributed by atoms with Gasteiger partial charge in [0.2, 0.25) is 0 Å². The summed E-state index contributed by atoms with van der Waals surface area (Å²) in [7, 11) is 0. The van der Waals surface area contributed by atoms with Crippen molar-refractivity contribution in [1.29, 1.82) is 0 Å². The number of halogens is 2. The van der Waals surface area contributed by atoms with E-state index in [2.05, 4.69) is 15.9 Å². The third-order valence-corrected chi connectivity index (χ3v) is 5.20. The minimum Gasteiger partial charge on any atom is -0.392 e. The van der Waals surface area contributed by atoms with E-state index < -0.39 is 0 Å². The van der Waals surface area contributed by atoms with Crippen LogP contribution < -0.4 is 0 Å². The lowest BCUT2D eigenvalue weighted by atomic mass is 10.0.